The molecule has 2 aliphatic heterocycles. The molecular formula is C4H3N3S. The van der Waals surface area contributed by atoms with E-state index in [1.807, 2.05) is 0 Å². The van der Waals surface area contributed by atoms with Gasteiger partial charge in [-0.1, -0.05) is 0 Å². The highest BCUT2D eigenvalue weighted by atomic mass is 32.2. The van der Waals surface area contributed by atoms with Gasteiger partial charge in [0, 0.05) is 0 Å². The van der Waals surface area contributed by atoms with Crippen molar-refractivity contribution in [2.45, 2.75) is 0 Å². The lowest BCUT2D eigenvalue weighted by Crippen LogP contribution is -2.03. The zero-order chi connectivity index (χ0) is 5.40. The van der Waals surface area contributed by atoms with Gasteiger partial charge in [-0.05, 0) is 11.9 Å². The van der Waals surface area contributed by atoms with Gasteiger partial charge in [-0.15, -0.1) is 0 Å². The van der Waals surface area contributed by atoms with Crippen molar-refractivity contribution in [1.29, 1.82) is 0 Å². The molecule has 0 aromatic heterocycles. The molecule has 0 aromatic carbocycles. The van der Waals surface area contributed by atoms with Crippen molar-refractivity contribution in [2.24, 2.45) is 14.4 Å². The number of aliphatic imine (C=N–C) groups is 2. The van der Waals surface area contributed by atoms with Crippen LogP contribution in [0.1, 0.15) is 0 Å². The molecule has 0 bridgehead atoms. The molecule has 0 atom stereocenters. The first-order valence-corrected chi connectivity index (χ1v) is 3.20. The normalized spacial score (nSPS) is 23.0. The highest BCUT2D eigenvalue weighted by Gasteiger charge is 2.17. The topological polar surface area (TPSA) is 37.1 Å². The third kappa shape index (κ3) is 0.432. The predicted octanol–water partition coefficient (Wildman–Crippen LogP) is 0.530. The van der Waals surface area contributed by atoms with Crippen molar-refractivity contribution in [3.63, 3.8) is 0 Å². The number of amidine groups is 1. The quantitative estimate of drug-likeness (QED) is 0.435. The fourth-order valence-corrected chi connectivity index (χ4v) is 1.28. The smallest absolute Gasteiger partial charge is 0.184 e. The van der Waals surface area contributed by atoms with Crippen LogP contribution >= 0.6 is 11.9 Å². The fourth-order valence-electron chi connectivity index (χ4n) is 0.618. The van der Waals surface area contributed by atoms with E-state index >= 15 is 0 Å². The van der Waals surface area contributed by atoms with Crippen LogP contribution < -0.4 is 0 Å². The van der Waals surface area contributed by atoms with E-state index < -0.39 is 0 Å². The highest BCUT2D eigenvalue weighted by Crippen LogP contribution is 2.15. The molecule has 2 heterocycles. The second kappa shape index (κ2) is 1.42. The van der Waals surface area contributed by atoms with E-state index in [-0.39, 0.29) is 0 Å². The lowest BCUT2D eigenvalue weighted by Gasteiger charge is -1.78. The summed E-state index contributed by atoms with van der Waals surface area (Å²) >= 11 is 1.51. The maximum atomic E-state index is 4.00. The average Bonchev–Trinajstić information content (AvgIpc) is 2.15. The first kappa shape index (κ1) is 4.26. The van der Waals surface area contributed by atoms with E-state index in [9.17, 15) is 0 Å². The van der Waals surface area contributed by atoms with Crippen molar-refractivity contribution < 1.29 is 0 Å². The summed E-state index contributed by atoms with van der Waals surface area (Å²) in [5.41, 5.74) is 1.02. The molecule has 0 saturated carbocycles. The van der Waals surface area contributed by atoms with Gasteiger partial charge in [-0.3, -0.25) is 0 Å². The molecule has 0 radical (unpaired) electrons. The number of fused-ring (bicyclic) bond motifs is 1. The summed E-state index contributed by atoms with van der Waals surface area (Å²) in [4.78, 5) is 7.87. The molecule has 4 heteroatoms. The van der Waals surface area contributed by atoms with Crippen LogP contribution in [0.4, 0.5) is 0 Å². The molecule has 0 fully saturated rings. The van der Waals surface area contributed by atoms with Gasteiger partial charge < -0.3 is 0 Å². The SMILES string of the molecule is C1=NC2=NSCC2=N1. The molecule has 0 aliphatic carbocycles. The molecule has 0 N–H and O–H groups in total. The monoisotopic (exact) mass is 125 g/mol. The van der Waals surface area contributed by atoms with Crippen LogP contribution in [0.25, 0.3) is 0 Å². The van der Waals surface area contributed by atoms with Crippen LogP contribution in [0.5, 0.6) is 0 Å². The van der Waals surface area contributed by atoms with Crippen LogP contribution in [0.15, 0.2) is 14.4 Å². The van der Waals surface area contributed by atoms with Crippen LogP contribution in [-0.4, -0.2) is 23.6 Å². The van der Waals surface area contributed by atoms with Crippen molar-refractivity contribution in [2.75, 3.05) is 5.75 Å². The molecule has 2 rings (SSSR count). The maximum absolute atomic E-state index is 4.00. The second-order valence-electron chi connectivity index (χ2n) is 1.51. The summed E-state index contributed by atoms with van der Waals surface area (Å²) in [6, 6.07) is 0. The minimum Gasteiger partial charge on any atom is -0.236 e. The van der Waals surface area contributed by atoms with E-state index in [2.05, 4.69) is 14.4 Å². The van der Waals surface area contributed by atoms with Gasteiger partial charge in [0.15, 0.2) is 5.84 Å². The summed E-state index contributed by atoms with van der Waals surface area (Å²) in [6.07, 6.45) is 1.55. The van der Waals surface area contributed by atoms with Gasteiger partial charge >= 0.3 is 0 Å². The lowest BCUT2D eigenvalue weighted by molar-refractivity contribution is 1.72. The number of hydrogen-bond donors (Lipinski definition) is 0. The summed E-state index contributed by atoms with van der Waals surface area (Å²) in [5.74, 6) is 1.71. The first-order chi connectivity index (χ1) is 3.97. The highest BCUT2D eigenvalue weighted by molar-refractivity contribution is 7.99. The Bertz CT molecular complexity index is 203. The molecule has 40 valence electrons. The average molecular weight is 125 g/mol. The molecule has 2 aliphatic rings. The third-order valence-corrected chi connectivity index (χ3v) is 1.71. The van der Waals surface area contributed by atoms with Crippen molar-refractivity contribution in [1.82, 2.24) is 0 Å². The van der Waals surface area contributed by atoms with Crippen molar-refractivity contribution in [3.8, 4) is 0 Å². The minimum atomic E-state index is 0.815. The number of nitrogens with zero attached hydrogens (tertiary/aromatic N) is 3. The Balaban J connectivity index is 2.49. The Labute approximate surface area is 50.8 Å². The van der Waals surface area contributed by atoms with Gasteiger partial charge in [-0.2, -0.15) is 4.40 Å². The van der Waals surface area contributed by atoms with Gasteiger partial charge in [0.1, 0.15) is 6.34 Å². The van der Waals surface area contributed by atoms with E-state index in [0.29, 0.717) is 0 Å². The molecule has 0 amide bonds. The van der Waals surface area contributed by atoms with Crippen LogP contribution in [-0.2, 0) is 0 Å². The zero-order valence-electron chi connectivity index (χ0n) is 4.03. The Morgan fingerprint density at radius 1 is 1.62 bits per heavy atom. The molecule has 8 heavy (non-hydrogen) atoms. The largest absolute Gasteiger partial charge is 0.236 e. The number of rotatable bonds is 0. The summed E-state index contributed by atoms with van der Waals surface area (Å²) in [6.45, 7) is 0. The molecule has 0 aromatic rings. The predicted molar refractivity (Wildman–Crippen MR) is 35.8 cm³/mol. The Hall–Kier alpha value is -0.640. The van der Waals surface area contributed by atoms with Gasteiger partial charge in [-0.25, -0.2) is 9.98 Å². The summed E-state index contributed by atoms with van der Waals surface area (Å²) < 4.78 is 4.00. The van der Waals surface area contributed by atoms with E-state index in [4.69, 9.17) is 0 Å². The van der Waals surface area contributed by atoms with Crippen molar-refractivity contribution in [3.05, 3.63) is 0 Å². The van der Waals surface area contributed by atoms with Crippen molar-refractivity contribution >= 4 is 29.8 Å². The number of hydrogen-bond acceptors (Lipinski definition) is 4. The zero-order valence-corrected chi connectivity index (χ0v) is 4.85. The van der Waals surface area contributed by atoms with Crippen LogP contribution in [0.3, 0.4) is 0 Å². The molecule has 0 unspecified atom stereocenters. The van der Waals surface area contributed by atoms with Gasteiger partial charge in [0.2, 0.25) is 0 Å². The first-order valence-electron chi connectivity index (χ1n) is 2.26. The minimum absolute atomic E-state index is 0.815. The summed E-state index contributed by atoms with van der Waals surface area (Å²) in [5, 5.41) is 0. The standard InChI is InChI=1S/C4H3N3S/c1-3-4(7-8-1)6-2-5-3/h2H,1H2. The fraction of sp³-hybridized carbons (Fsp3) is 0.250. The third-order valence-electron chi connectivity index (χ3n) is 1.00. The van der Waals surface area contributed by atoms with E-state index in [1.54, 1.807) is 6.34 Å². The van der Waals surface area contributed by atoms with Gasteiger partial charge in [0.05, 0.1) is 11.5 Å². The maximum Gasteiger partial charge on any atom is 0.184 e. The van der Waals surface area contributed by atoms with Crippen LogP contribution in [0, 0.1) is 0 Å². The van der Waals surface area contributed by atoms with E-state index in [1.165, 1.54) is 11.9 Å². The molecular weight excluding hydrogens is 122 g/mol. The lowest BCUT2D eigenvalue weighted by atomic mass is 10.4. The molecule has 3 nitrogen and oxygen atoms in total. The molecule has 0 saturated heterocycles. The van der Waals surface area contributed by atoms with E-state index in [0.717, 1.165) is 17.3 Å². The Kier molecular flexibility index (Phi) is 0.754. The second-order valence-corrected chi connectivity index (χ2v) is 2.24. The Morgan fingerprint density at radius 3 is 3.50 bits per heavy atom. The van der Waals surface area contributed by atoms with Crippen LogP contribution in [0.2, 0.25) is 0 Å². The Morgan fingerprint density at radius 2 is 2.62 bits per heavy atom. The molecule has 0 spiro atoms. The summed E-state index contributed by atoms with van der Waals surface area (Å²) in [7, 11) is 0. The van der Waals surface area contributed by atoms with Gasteiger partial charge in [0.25, 0.3) is 0 Å².